The van der Waals surface area contributed by atoms with Gasteiger partial charge in [-0.1, -0.05) is 23.2 Å². The van der Waals surface area contributed by atoms with Crippen LogP contribution in [0.1, 0.15) is 18.9 Å². The topological polar surface area (TPSA) is 127 Å². The fourth-order valence-electron chi connectivity index (χ4n) is 2.83. The SMILES string of the molecule is CCOC(=O)CCc1cc([N+](=O)[O-])cc2c(=O)[nH]c(Nc3ccc(Cl)c(Cl)c3)nc12. The molecule has 0 fully saturated rings. The zero-order valence-corrected chi connectivity index (χ0v) is 17.2. The van der Waals surface area contributed by atoms with Gasteiger partial charge < -0.3 is 10.1 Å². The Morgan fingerprint density at radius 2 is 2.03 bits per heavy atom. The van der Waals surface area contributed by atoms with E-state index in [0.29, 0.717) is 21.3 Å². The number of non-ortho nitro benzene ring substituents is 1. The second-order valence-electron chi connectivity index (χ2n) is 6.23. The summed E-state index contributed by atoms with van der Waals surface area (Å²) < 4.78 is 4.90. The molecule has 11 heteroatoms. The lowest BCUT2D eigenvalue weighted by Gasteiger charge is -2.10. The van der Waals surface area contributed by atoms with Crippen molar-refractivity contribution in [2.75, 3.05) is 11.9 Å². The molecule has 30 heavy (non-hydrogen) atoms. The van der Waals surface area contributed by atoms with Crippen molar-refractivity contribution in [2.45, 2.75) is 19.8 Å². The molecule has 0 aliphatic heterocycles. The molecule has 2 aromatic carbocycles. The molecule has 1 aromatic heterocycles. The summed E-state index contributed by atoms with van der Waals surface area (Å²) in [7, 11) is 0. The number of aromatic amines is 1. The number of rotatable bonds is 7. The summed E-state index contributed by atoms with van der Waals surface area (Å²) in [6.45, 7) is 1.91. The summed E-state index contributed by atoms with van der Waals surface area (Å²) in [5, 5.41) is 14.9. The van der Waals surface area contributed by atoms with Crippen molar-refractivity contribution in [1.29, 1.82) is 0 Å². The summed E-state index contributed by atoms with van der Waals surface area (Å²) >= 11 is 11.9. The number of nitro benzene ring substituents is 1. The first-order chi connectivity index (χ1) is 14.3. The average molecular weight is 451 g/mol. The molecular formula is C19H16Cl2N4O5. The van der Waals surface area contributed by atoms with Crippen LogP contribution >= 0.6 is 23.2 Å². The number of nitrogens with one attached hydrogen (secondary N) is 2. The molecule has 0 saturated carbocycles. The van der Waals surface area contributed by atoms with E-state index in [1.165, 1.54) is 6.07 Å². The van der Waals surface area contributed by atoms with E-state index in [1.807, 2.05) is 0 Å². The zero-order chi connectivity index (χ0) is 21.8. The minimum absolute atomic E-state index is 0.00581. The third-order valence-electron chi connectivity index (χ3n) is 4.17. The van der Waals surface area contributed by atoms with Gasteiger partial charge in [0.05, 0.1) is 32.5 Å². The highest BCUT2D eigenvalue weighted by Crippen LogP contribution is 2.27. The second-order valence-corrected chi connectivity index (χ2v) is 7.05. The quantitative estimate of drug-likeness (QED) is 0.310. The number of aryl methyl sites for hydroxylation is 1. The number of halogens is 2. The average Bonchev–Trinajstić information content (AvgIpc) is 2.69. The van der Waals surface area contributed by atoms with Gasteiger partial charge in [0.15, 0.2) is 0 Å². The van der Waals surface area contributed by atoms with Gasteiger partial charge in [-0.3, -0.25) is 24.7 Å². The van der Waals surface area contributed by atoms with Crippen molar-refractivity contribution >= 4 is 57.4 Å². The van der Waals surface area contributed by atoms with Crippen molar-refractivity contribution in [1.82, 2.24) is 9.97 Å². The Labute approximate surface area is 180 Å². The number of nitro groups is 1. The Balaban J connectivity index is 2.05. The largest absolute Gasteiger partial charge is 0.466 e. The van der Waals surface area contributed by atoms with E-state index >= 15 is 0 Å². The second kappa shape index (κ2) is 9.10. The molecule has 0 saturated heterocycles. The van der Waals surface area contributed by atoms with E-state index in [4.69, 9.17) is 27.9 Å². The molecule has 0 bridgehead atoms. The highest BCUT2D eigenvalue weighted by Gasteiger charge is 2.17. The van der Waals surface area contributed by atoms with Crippen molar-refractivity contribution in [3.05, 3.63) is 66.4 Å². The standard InChI is InChI=1S/C19H16Cl2N4O5/c1-2-30-16(26)6-3-10-7-12(25(28)29)9-13-17(10)23-19(24-18(13)27)22-11-4-5-14(20)15(21)8-11/h4-5,7-9H,2-3,6H2,1H3,(H2,22,23,24,27). The molecule has 0 unspecified atom stereocenters. The van der Waals surface area contributed by atoms with Crippen LogP contribution in [0.4, 0.5) is 17.3 Å². The summed E-state index contributed by atoms with van der Waals surface area (Å²) in [4.78, 5) is 41.9. The monoisotopic (exact) mass is 450 g/mol. The van der Waals surface area contributed by atoms with Crippen LogP contribution in [0.2, 0.25) is 10.0 Å². The molecule has 3 aromatic rings. The molecule has 9 nitrogen and oxygen atoms in total. The van der Waals surface area contributed by atoms with E-state index in [9.17, 15) is 19.7 Å². The lowest BCUT2D eigenvalue weighted by Crippen LogP contribution is -2.13. The number of hydrogen-bond donors (Lipinski definition) is 2. The number of ether oxygens (including phenoxy) is 1. The third-order valence-corrected chi connectivity index (χ3v) is 4.91. The number of esters is 1. The summed E-state index contributed by atoms with van der Waals surface area (Å²) in [6, 6.07) is 7.25. The number of fused-ring (bicyclic) bond motifs is 1. The molecule has 0 spiro atoms. The van der Waals surface area contributed by atoms with E-state index in [0.717, 1.165) is 6.07 Å². The molecule has 3 rings (SSSR count). The summed E-state index contributed by atoms with van der Waals surface area (Å²) in [5.74, 6) is -0.340. The smallest absolute Gasteiger partial charge is 0.306 e. The number of carbonyl (C=O) groups excluding carboxylic acids is 1. The molecule has 0 aliphatic carbocycles. The number of hydrogen-bond acceptors (Lipinski definition) is 7. The summed E-state index contributed by atoms with van der Waals surface area (Å²) in [5.41, 5.74) is 0.330. The van der Waals surface area contributed by atoms with Crippen LogP contribution < -0.4 is 10.9 Å². The highest BCUT2D eigenvalue weighted by molar-refractivity contribution is 6.42. The molecular weight excluding hydrogens is 435 g/mol. The van der Waals surface area contributed by atoms with Crippen LogP contribution in [0.5, 0.6) is 0 Å². The maximum Gasteiger partial charge on any atom is 0.306 e. The van der Waals surface area contributed by atoms with Gasteiger partial charge in [0, 0.05) is 24.2 Å². The van der Waals surface area contributed by atoms with Crippen LogP contribution in [0, 0.1) is 10.1 Å². The third kappa shape index (κ3) is 4.87. The Morgan fingerprint density at radius 3 is 2.70 bits per heavy atom. The first-order valence-electron chi connectivity index (χ1n) is 8.87. The molecule has 0 atom stereocenters. The van der Waals surface area contributed by atoms with Crippen LogP contribution in [0.25, 0.3) is 10.9 Å². The molecule has 1 heterocycles. The number of carbonyl (C=O) groups is 1. The van der Waals surface area contributed by atoms with E-state index in [1.54, 1.807) is 25.1 Å². The maximum absolute atomic E-state index is 12.6. The molecule has 156 valence electrons. The number of aromatic nitrogens is 2. The van der Waals surface area contributed by atoms with Crippen LogP contribution in [-0.2, 0) is 16.0 Å². The predicted molar refractivity (Wildman–Crippen MR) is 114 cm³/mol. The molecule has 0 radical (unpaired) electrons. The zero-order valence-electron chi connectivity index (χ0n) is 15.7. The Hall–Kier alpha value is -3.17. The van der Waals surface area contributed by atoms with E-state index in [-0.39, 0.29) is 42.0 Å². The van der Waals surface area contributed by atoms with Crippen molar-refractivity contribution < 1.29 is 14.5 Å². The lowest BCUT2D eigenvalue weighted by atomic mass is 10.0. The predicted octanol–water partition coefficient (Wildman–Crippen LogP) is 4.38. The van der Waals surface area contributed by atoms with Crippen LogP contribution in [0.15, 0.2) is 35.1 Å². The van der Waals surface area contributed by atoms with Crippen LogP contribution in [0.3, 0.4) is 0 Å². The fourth-order valence-corrected chi connectivity index (χ4v) is 3.13. The van der Waals surface area contributed by atoms with Gasteiger partial charge in [-0.05, 0) is 37.1 Å². The van der Waals surface area contributed by atoms with Gasteiger partial charge in [-0.25, -0.2) is 4.98 Å². The summed E-state index contributed by atoms with van der Waals surface area (Å²) in [6.07, 6.45) is 0.119. The van der Waals surface area contributed by atoms with Crippen LogP contribution in [-0.4, -0.2) is 27.5 Å². The molecule has 2 N–H and O–H groups in total. The Morgan fingerprint density at radius 1 is 1.27 bits per heavy atom. The number of benzene rings is 2. The van der Waals surface area contributed by atoms with Gasteiger partial charge in [-0.2, -0.15) is 0 Å². The lowest BCUT2D eigenvalue weighted by molar-refractivity contribution is -0.384. The maximum atomic E-state index is 12.6. The van der Waals surface area contributed by atoms with Crippen molar-refractivity contribution in [3.63, 3.8) is 0 Å². The Kier molecular flexibility index (Phi) is 6.53. The normalized spacial score (nSPS) is 10.8. The van der Waals surface area contributed by atoms with Gasteiger partial charge in [-0.15, -0.1) is 0 Å². The van der Waals surface area contributed by atoms with Gasteiger partial charge in [0.1, 0.15) is 0 Å². The van der Waals surface area contributed by atoms with Crippen molar-refractivity contribution in [2.24, 2.45) is 0 Å². The van der Waals surface area contributed by atoms with E-state index in [2.05, 4.69) is 15.3 Å². The number of H-pyrrole nitrogens is 1. The first-order valence-corrected chi connectivity index (χ1v) is 9.63. The highest BCUT2D eigenvalue weighted by atomic mass is 35.5. The fraction of sp³-hybridized carbons (Fsp3) is 0.211. The van der Waals surface area contributed by atoms with Crippen molar-refractivity contribution in [3.8, 4) is 0 Å². The number of nitrogens with zero attached hydrogens (tertiary/aromatic N) is 2. The number of anilines is 2. The minimum atomic E-state index is -0.603. The van der Waals surface area contributed by atoms with Gasteiger partial charge >= 0.3 is 5.97 Å². The first kappa shape index (κ1) is 21.5. The molecule has 0 amide bonds. The van der Waals surface area contributed by atoms with Gasteiger partial charge in [0.2, 0.25) is 5.95 Å². The van der Waals surface area contributed by atoms with Gasteiger partial charge in [0.25, 0.3) is 11.2 Å². The van der Waals surface area contributed by atoms with E-state index < -0.39 is 16.5 Å². The molecule has 0 aliphatic rings. The Bertz CT molecular complexity index is 1200. The minimum Gasteiger partial charge on any atom is -0.466 e.